The molecule has 2 aromatic heterocycles. The summed E-state index contributed by atoms with van der Waals surface area (Å²) in [7, 11) is 0. The first-order valence-electron chi connectivity index (χ1n) is 10.3. The molecule has 8 heteroatoms. The number of halogens is 1. The number of hydrogen-bond donors (Lipinski definition) is 1. The van der Waals surface area contributed by atoms with E-state index in [1.54, 1.807) is 47.6 Å². The van der Waals surface area contributed by atoms with Crippen molar-refractivity contribution < 1.29 is 14.1 Å². The Hall–Kier alpha value is -3.19. The van der Waals surface area contributed by atoms with E-state index in [1.807, 2.05) is 12.1 Å². The van der Waals surface area contributed by atoms with Crippen LogP contribution in [0.25, 0.3) is 0 Å². The zero-order valence-electron chi connectivity index (χ0n) is 17.0. The van der Waals surface area contributed by atoms with E-state index in [-0.39, 0.29) is 30.1 Å². The number of pyridine rings is 1. The average molecular weight is 439 g/mol. The molecule has 0 aliphatic heterocycles. The first-order valence-corrected chi connectivity index (χ1v) is 10.7. The maximum absolute atomic E-state index is 13.1. The molecule has 0 radical (unpaired) electrons. The molecule has 1 aromatic carbocycles. The number of amides is 2. The first-order chi connectivity index (χ1) is 15.1. The Labute approximate surface area is 185 Å². The molecule has 0 bridgehead atoms. The second kappa shape index (κ2) is 9.75. The van der Waals surface area contributed by atoms with E-state index < -0.39 is 0 Å². The van der Waals surface area contributed by atoms with Gasteiger partial charge >= 0.3 is 0 Å². The van der Waals surface area contributed by atoms with Crippen LogP contribution in [0.3, 0.4) is 0 Å². The van der Waals surface area contributed by atoms with Gasteiger partial charge in [0, 0.05) is 36.1 Å². The van der Waals surface area contributed by atoms with Crippen LogP contribution >= 0.6 is 11.6 Å². The molecule has 0 atom stereocenters. The molecule has 7 nitrogen and oxygen atoms in total. The van der Waals surface area contributed by atoms with E-state index in [2.05, 4.69) is 15.5 Å². The lowest BCUT2D eigenvalue weighted by Crippen LogP contribution is -2.38. The zero-order chi connectivity index (χ0) is 21.6. The molecule has 1 fully saturated rings. The number of rotatable bonds is 7. The van der Waals surface area contributed by atoms with E-state index >= 15 is 0 Å². The maximum Gasteiger partial charge on any atom is 0.273 e. The van der Waals surface area contributed by atoms with Gasteiger partial charge in [0.1, 0.15) is 0 Å². The third kappa shape index (κ3) is 5.30. The van der Waals surface area contributed by atoms with E-state index in [0.29, 0.717) is 22.9 Å². The first kappa shape index (κ1) is 21.1. The van der Waals surface area contributed by atoms with Crippen LogP contribution in [0.5, 0.6) is 0 Å². The van der Waals surface area contributed by atoms with Gasteiger partial charge in [-0.15, -0.1) is 0 Å². The molecule has 3 aromatic rings. The largest absolute Gasteiger partial charge is 0.359 e. The van der Waals surface area contributed by atoms with Gasteiger partial charge in [-0.2, -0.15) is 0 Å². The highest BCUT2D eigenvalue weighted by molar-refractivity contribution is 6.30. The summed E-state index contributed by atoms with van der Waals surface area (Å²) in [4.78, 5) is 31.4. The Bertz CT molecular complexity index is 1050. The van der Waals surface area contributed by atoms with Crippen molar-refractivity contribution in [1.82, 2.24) is 20.4 Å². The fraction of sp³-hybridized carbons (Fsp3) is 0.304. The molecule has 160 valence electrons. The fourth-order valence-corrected chi connectivity index (χ4v) is 4.03. The lowest BCUT2D eigenvalue weighted by atomic mass is 10.1. The SMILES string of the molecule is O=C(NCc1cccc(Cl)c1)c1cc(CN(C(=O)c2cccnc2)C2CCCC2)on1. The van der Waals surface area contributed by atoms with Gasteiger partial charge in [-0.05, 0) is 42.7 Å². The van der Waals surface area contributed by atoms with Crippen LogP contribution < -0.4 is 5.32 Å². The monoisotopic (exact) mass is 438 g/mol. The van der Waals surface area contributed by atoms with Crippen molar-refractivity contribution in [3.8, 4) is 0 Å². The molecular formula is C23H23ClN4O3. The van der Waals surface area contributed by atoms with Gasteiger partial charge in [-0.3, -0.25) is 14.6 Å². The van der Waals surface area contributed by atoms with Gasteiger partial charge in [-0.25, -0.2) is 0 Å². The van der Waals surface area contributed by atoms with Crippen molar-refractivity contribution in [2.45, 2.75) is 44.8 Å². The highest BCUT2D eigenvalue weighted by Crippen LogP contribution is 2.26. The fourth-order valence-electron chi connectivity index (χ4n) is 3.82. The van der Waals surface area contributed by atoms with Crippen LogP contribution in [0.2, 0.25) is 5.02 Å². The van der Waals surface area contributed by atoms with Gasteiger partial charge in [0.15, 0.2) is 11.5 Å². The molecule has 1 aliphatic rings. The van der Waals surface area contributed by atoms with Crippen LogP contribution in [-0.2, 0) is 13.1 Å². The lowest BCUT2D eigenvalue weighted by Gasteiger charge is -2.28. The third-order valence-electron chi connectivity index (χ3n) is 5.39. The number of carbonyl (C=O) groups excluding carboxylic acids is 2. The number of aromatic nitrogens is 2. The predicted octanol–water partition coefficient (Wildman–Crippen LogP) is 4.24. The number of nitrogens with zero attached hydrogens (tertiary/aromatic N) is 3. The Balaban J connectivity index is 1.43. The van der Waals surface area contributed by atoms with Crippen molar-refractivity contribution >= 4 is 23.4 Å². The average Bonchev–Trinajstić information content (AvgIpc) is 3.48. The van der Waals surface area contributed by atoms with Gasteiger partial charge in [0.2, 0.25) is 0 Å². The Kier molecular flexibility index (Phi) is 6.62. The summed E-state index contributed by atoms with van der Waals surface area (Å²) in [5.41, 5.74) is 1.60. The Morgan fingerprint density at radius 1 is 1.16 bits per heavy atom. The highest BCUT2D eigenvalue weighted by atomic mass is 35.5. The molecule has 0 unspecified atom stereocenters. The van der Waals surface area contributed by atoms with E-state index in [9.17, 15) is 9.59 Å². The molecule has 2 amide bonds. The summed E-state index contributed by atoms with van der Waals surface area (Å²) in [5, 5.41) is 7.31. The van der Waals surface area contributed by atoms with Crippen molar-refractivity contribution in [3.63, 3.8) is 0 Å². The normalized spacial score (nSPS) is 13.8. The van der Waals surface area contributed by atoms with Crippen molar-refractivity contribution in [3.05, 3.63) is 82.5 Å². The minimum atomic E-state index is -0.346. The molecule has 1 aliphatic carbocycles. The number of carbonyl (C=O) groups is 2. The van der Waals surface area contributed by atoms with Crippen molar-refractivity contribution in [1.29, 1.82) is 0 Å². The zero-order valence-corrected chi connectivity index (χ0v) is 17.7. The standard InChI is InChI=1S/C23H23ClN4O3/c24-18-7-3-5-16(11-18)13-26-22(29)21-12-20(31-27-21)15-28(19-8-1-2-9-19)23(30)17-6-4-10-25-14-17/h3-7,10-12,14,19H,1-2,8-9,13,15H2,(H,26,29). The van der Waals surface area contributed by atoms with E-state index in [4.69, 9.17) is 16.1 Å². The van der Waals surface area contributed by atoms with Gasteiger partial charge in [-0.1, -0.05) is 41.7 Å². The molecule has 31 heavy (non-hydrogen) atoms. The quantitative estimate of drug-likeness (QED) is 0.596. The van der Waals surface area contributed by atoms with Crippen LogP contribution in [0.1, 0.15) is 57.9 Å². The summed E-state index contributed by atoms with van der Waals surface area (Å²) >= 11 is 5.98. The van der Waals surface area contributed by atoms with Crippen molar-refractivity contribution in [2.75, 3.05) is 0 Å². The predicted molar refractivity (Wildman–Crippen MR) is 115 cm³/mol. The summed E-state index contributed by atoms with van der Waals surface area (Å²) in [6.45, 7) is 0.586. The lowest BCUT2D eigenvalue weighted by molar-refractivity contribution is 0.0643. The smallest absolute Gasteiger partial charge is 0.273 e. The molecule has 0 spiro atoms. The minimum absolute atomic E-state index is 0.0941. The molecule has 4 rings (SSSR count). The summed E-state index contributed by atoms with van der Waals surface area (Å²) in [6.07, 6.45) is 7.30. The second-order valence-electron chi connectivity index (χ2n) is 7.60. The molecule has 1 saturated carbocycles. The van der Waals surface area contributed by atoms with Crippen LogP contribution in [0, 0.1) is 0 Å². The highest BCUT2D eigenvalue weighted by Gasteiger charge is 2.29. The van der Waals surface area contributed by atoms with E-state index in [0.717, 1.165) is 31.2 Å². The van der Waals surface area contributed by atoms with Gasteiger partial charge in [0.25, 0.3) is 11.8 Å². The van der Waals surface area contributed by atoms with Crippen molar-refractivity contribution in [2.24, 2.45) is 0 Å². The van der Waals surface area contributed by atoms with Crippen LogP contribution in [0.15, 0.2) is 59.4 Å². The second-order valence-corrected chi connectivity index (χ2v) is 8.04. The summed E-state index contributed by atoms with van der Waals surface area (Å²) < 4.78 is 5.39. The Morgan fingerprint density at radius 3 is 2.74 bits per heavy atom. The van der Waals surface area contributed by atoms with Gasteiger partial charge in [0.05, 0.1) is 12.1 Å². The number of hydrogen-bond acceptors (Lipinski definition) is 5. The Morgan fingerprint density at radius 2 is 2.00 bits per heavy atom. The number of nitrogens with one attached hydrogen (secondary N) is 1. The molecule has 1 N–H and O–H groups in total. The topological polar surface area (TPSA) is 88.3 Å². The third-order valence-corrected chi connectivity index (χ3v) is 5.63. The summed E-state index contributed by atoms with van der Waals surface area (Å²) in [6, 6.07) is 12.5. The van der Waals surface area contributed by atoms with Crippen LogP contribution in [0.4, 0.5) is 0 Å². The maximum atomic E-state index is 13.1. The molecular weight excluding hydrogens is 416 g/mol. The number of benzene rings is 1. The summed E-state index contributed by atoms with van der Waals surface area (Å²) in [5.74, 6) is 0.0291. The minimum Gasteiger partial charge on any atom is -0.359 e. The van der Waals surface area contributed by atoms with Crippen LogP contribution in [-0.4, -0.2) is 32.9 Å². The molecule has 0 saturated heterocycles. The van der Waals surface area contributed by atoms with Gasteiger partial charge < -0.3 is 14.7 Å². The molecule has 2 heterocycles. The van der Waals surface area contributed by atoms with E-state index in [1.165, 1.54) is 0 Å².